The fraction of sp³-hybridized carbons (Fsp3) is 0.552. The molecule has 0 bridgehead atoms. The number of Topliss-reactive ketones (excluding diaryl/α,β-unsaturated/α-hetero) is 4. The third kappa shape index (κ3) is 5.46. The summed E-state index contributed by atoms with van der Waals surface area (Å²) in [5.74, 6) is -17.1. The van der Waals surface area contributed by atoms with Crippen molar-refractivity contribution in [1.82, 2.24) is 10.2 Å². The summed E-state index contributed by atoms with van der Waals surface area (Å²) in [5.41, 5.74) is 0.0280. The predicted molar refractivity (Wildman–Crippen MR) is 150 cm³/mol. The van der Waals surface area contributed by atoms with E-state index in [2.05, 4.69) is 15.4 Å². The Kier molecular flexibility index (Phi) is 8.65. The number of halogens is 1. The zero-order chi connectivity index (χ0) is 33.9. The Morgan fingerprint density at radius 3 is 2.31 bits per heavy atom. The molecule has 0 aromatic heterocycles. The second-order valence-electron chi connectivity index (χ2n) is 12.7. The van der Waals surface area contributed by atoms with E-state index < -0.39 is 123 Å². The second kappa shape index (κ2) is 11.6. The van der Waals surface area contributed by atoms with Crippen LogP contribution in [0.4, 0.5) is 14.9 Å². The first kappa shape index (κ1) is 33.6. The van der Waals surface area contributed by atoms with E-state index in [1.54, 1.807) is 20.8 Å². The molecule has 3 aliphatic carbocycles. The van der Waals surface area contributed by atoms with Crippen molar-refractivity contribution in [3.8, 4) is 5.75 Å². The summed E-state index contributed by atoms with van der Waals surface area (Å²) in [6.07, 6.45) is -3.71. The number of hydrogen-bond donors (Lipinski definition) is 5. The Morgan fingerprint density at radius 1 is 1.16 bits per heavy atom. The lowest BCUT2D eigenvalue weighted by Gasteiger charge is -2.55. The van der Waals surface area contributed by atoms with E-state index in [-0.39, 0.29) is 6.54 Å². The molecule has 0 aliphatic heterocycles. The quantitative estimate of drug-likeness (QED) is 0.145. The van der Waals surface area contributed by atoms with Crippen LogP contribution in [-0.4, -0.2) is 107 Å². The molecule has 244 valence electrons. The number of aliphatic hydroxyl groups is 1. The first-order valence-corrected chi connectivity index (χ1v) is 14.0. The Bertz CT molecular complexity index is 1520. The smallest absolute Gasteiger partial charge is 0.505 e. The molecule has 15 nitrogen and oxygen atoms in total. The third-order valence-electron chi connectivity index (χ3n) is 8.51. The Labute approximate surface area is 256 Å². The molecule has 16 heteroatoms. The molecule has 1 aromatic carbocycles. The average molecular weight is 635 g/mol. The van der Waals surface area contributed by atoms with Crippen molar-refractivity contribution in [3.05, 3.63) is 23.0 Å². The topological polar surface area (TPSA) is 232 Å². The van der Waals surface area contributed by atoms with Gasteiger partial charge in [-0.1, -0.05) is 0 Å². The second-order valence-corrected chi connectivity index (χ2v) is 12.7. The van der Waals surface area contributed by atoms with E-state index in [0.717, 1.165) is 13.2 Å². The van der Waals surface area contributed by atoms with Gasteiger partial charge in [0.25, 0.3) is 0 Å². The summed E-state index contributed by atoms with van der Waals surface area (Å²) in [4.78, 5) is 93.5. The highest BCUT2D eigenvalue weighted by molar-refractivity contribution is 6.32. The monoisotopic (exact) mass is 634 g/mol. The Balaban J connectivity index is 1.89. The summed E-state index contributed by atoms with van der Waals surface area (Å²) in [5, 5.41) is 28.2. The number of anilines is 1. The van der Waals surface area contributed by atoms with Gasteiger partial charge >= 0.3 is 6.16 Å². The SMILES string of the molecule is COC(=O)O[C@@H]1[C@H]2[C@H](N(C)C)C(=O)C(C(N)=O)C(=O)[C@@]2(O)C(=O)C2C(=O)c3c(O)c(NC(=O)CNC(C)(C)C)cc(F)c3C[C@H]21. The number of primary amides is 1. The van der Waals surface area contributed by atoms with E-state index in [0.29, 0.717) is 0 Å². The number of ketones is 4. The number of fused-ring (bicyclic) bond motifs is 3. The highest BCUT2D eigenvalue weighted by Gasteiger charge is 2.73. The minimum Gasteiger partial charge on any atom is -0.505 e. The van der Waals surface area contributed by atoms with E-state index in [4.69, 9.17) is 10.5 Å². The van der Waals surface area contributed by atoms with Gasteiger partial charge in [-0.3, -0.25) is 33.7 Å². The van der Waals surface area contributed by atoms with E-state index in [1.165, 1.54) is 19.0 Å². The number of carbonyl (C=O) groups excluding carboxylic acids is 7. The van der Waals surface area contributed by atoms with Crippen LogP contribution in [0.25, 0.3) is 0 Å². The Hall–Kier alpha value is -4.28. The third-order valence-corrected chi connectivity index (χ3v) is 8.51. The van der Waals surface area contributed by atoms with Crippen LogP contribution < -0.4 is 16.4 Å². The number of methoxy groups -OCH3 is 1. The number of phenolic OH excluding ortho intramolecular Hbond substituents is 1. The largest absolute Gasteiger partial charge is 0.508 e. The normalized spacial score (nSPS) is 29.4. The zero-order valence-corrected chi connectivity index (χ0v) is 25.4. The van der Waals surface area contributed by atoms with Crippen LogP contribution in [0.5, 0.6) is 5.75 Å². The van der Waals surface area contributed by atoms with Crippen molar-refractivity contribution in [2.24, 2.45) is 29.4 Å². The van der Waals surface area contributed by atoms with Crippen LogP contribution in [0.3, 0.4) is 0 Å². The van der Waals surface area contributed by atoms with E-state index >= 15 is 4.39 Å². The van der Waals surface area contributed by atoms with Crippen molar-refractivity contribution in [3.63, 3.8) is 0 Å². The number of nitrogens with zero attached hydrogens (tertiary/aromatic N) is 1. The van der Waals surface area contributed by atoms with Crippen LogP contribution >= 0.6 is 0 Å². The van der Waals surface area contributed by atoms with Gasteiger partial charge < -0.3 is 36.1 Å². The lowest BCUT2D eigenvalue weighted by Crippen LogP contribution is -2.78. The summed E-state index contributed by atoms with van der Waals surface area (Å²) >= 11 is 0. The van der Waals surface area contributed by atoms with Gasteiger partial charge in [-0.2, -0.15) is 0 Å². The lowest BCUT2D eigenvalue weighted by molar-refractivity contribution is -0.197. The summed E-state index contributed by atoms with van der Waals surface area (Å²) < 4.78 is 25.6. The van der Waals surface area contributed by atoms with Crippen LogP contribution in [0.2, 0.25) is 0 Å². The molecule has 2 amide bonds. The highest BCUT2D eigenvalue weighted by atomic mass is 19.1. The molecule has 0 radical (unpaired) electrons. The molecule has 0 heterocycles. The molecule has 0 saturated heterocycles. The summed E-state index contributed by atoms with van der Waals surface area (Å²) in [7, 11) is 3.62. The number of hydrogen-bond acceptors (Lipinski definition) is 13. The molecule has 1 aromatic rings. The molecule has 4 rings (SSSR count). The molecule has 6 N–H and O–H groups in total. The van der Waals surface area contributed by atoms with Gasteiger partial charge in [0.05, 0.1) is 42.8 Å². The summed E-state index contributed by atoms with van der Waals surface area (Å²) in [6.45, 7) is 5.14. The number of benzene rings is 1. The maximum Gasteiger partial charge on any atom is 0.508 e. The average Bonchev–Trinajstić information content (AvgIpc) is 2.93. The molecule has 7 atom stereocenters. The number of nitrogens with two attached hydrogens (primary N) is 1. The van der Waals surface area contributed by atoms with Gasteiger partial charge in [-0.05, 0) is 41.3 Å². The van der Waals surface area contributed by atoms with E-state index in [1.807, 2.05) is 0 Å². The molecule has 45 heavy (non-hydrogen) atoms. The van der Waals surface area contributed by atoms with Crippen molar-refractivity contribution < 1.29 is 57.6 Å². The number of aromatic hydroxyl groups is 1. The van der Waals surface area contributed by atoms with E-state index in [9.17, 15) is 43.8 Å². The number of rotatable bonds is 6. The Morgan fingerprint density at radius 2 is 1.78 bits per heavy atom. The number of ether oxygens (including phenoxy) is 2. The van der Waals surface area contributed by atoms with Gasteiger partial charge in [-0.25, -0.2) is 9.18 Å². The fourth-order valence-electron chi connectivity index (χ4n) is 6.56. The number of nitrogens with one attached hydrogen (secondary N) is 2. The lowest BCUT2D eigenvalue weighted by atomic mass is 9.51. The standard InChI is InChI=1S/C29H35FN4O11/c1-28(2,3)32-9-14(35)33-13-8-12(30)10-7-11-16(21(37)15(10)20(13)36)24(39)29(43)18(23(11)45-27(42)44-6)19(34(4)5)22(38)17(25(29)40)26(31)41/h8,11,16-19,23,32,36,43H,7,9H2,1-6H3,(H2,31,41)(H,33,35)/t11-,16?,17?,18-,19+,23+,29+/m1/s1. The molecular formula is C29H35FN4O11. The molecule has 2 saturated carbocycles. The van der Waals surface area contributed by atoms with Gasteiger partial charge in [0, 0.05) is 23.1 Å². The van der Waals surface area contributed by atoms with Crippen molar-refractivity contribution in [2.75, 3.05) is 33.1 Å². The van der Waals surface area contributed by atoms with Crippen LogP contribution in [0.1, 0.15) is 36.7 Å². The van der Waals surface area contributed by atoms with Gasteiger partial charge in [-0.15, -0.1) is 0 Å². The first-order valence-electron chi connectivity index (χ1n) is 14.0. The number of phenols is 1. The zero-order valence-electron chi connectivity index (χ0n) is 25.4. The number of likely N-dealkylation sites (N-methyl/N-ethyl adjacent to an activating group) is 1. The molecule has 2 fully saturated rings. The predicted octanol–water partition coefficient (Wildman–Crippen LogP) is -0.906. The molecule has 3 aliphatic rings. The minimum absolute atomic E-state index is 0.241. The first-order chi connectivity index (χ1) is 20.8. The molecular weight excluding hydrogens is 599 g/mol. The van der Waals surface area contributed by atoms with Crippen LogP contribution in [0.15, 0.2) is 6.07 Å². The van der Waals surface area contributed by atoms with Crippen molar-refractivity contribution in [1.29, 1.82) is 0 Å². The number of amides is 2. The van der Waals surface area contributed by atoms with Gasteiger partial charge in [0.15, 0.2) is 34.7 Å². The van der Waals surface area contributed by atoms with Crippen molar-refractivity contribution >= 4 is 46.8 Å². The fourth-order valence-corrected chi connectivity index (χ4v) is 6.56. The van der Waals surface area contributed by atoms with Crippen molar-refractivity contribution in [2.45, 2.75) is 50.5 Å². The maximum absolute atomic E-state index is 15.6. The van der Waals surface area contributed by atoms with Gasteiger partial charge in [0.2, 0.25) is 11.8 Å². The van der Waals surface area contributed by atoms with Crippen LogP contribution in [0, 0.1) is 29.5 Å². The van der Waals surface area contributed by atoms with Crippen LogP contribution in [-0.2, 0) is 39.9 Å². The minimum atomic E-state index is -3.26. The molecule has 2 unspecified atom stereocenters. The number of carbonyl (C=O) groups is 7. The van der Waals surface area contributed by atoms with Gasteiger partial charge in [0.1, 0.15) is 17.7 Å². The summed E-state index contributed by atoms with van der Waals surface area (Å²) in [6, 6.07) is -0.833. The molecule has 0 spiro atoms. The highest BCUT2D eigenvalue weighted by Crippen LogP contribution is 2.52. The maximum atomic E-state index is 15.6.